The Kier molecular flexibility index (Phi) is 4.66. The third kappa shape index (κ3) is 3.84. The van der Waals surface area contributed by atoms with Crippen molar-refractivity contribution in [3.63, 3.8) is 0 Å². The molecule has 2 aromatic rings. The second kappa shape index (κ2) is 6.25. The summed E-state index contributed by atoms with van der Waals surface area (Å²) in [6, 6.07) is 4.28. The first-order valence-corrected chi connectivity index (χ1v) is 7.84. The number of carboxylic acids is 1. The van der Waals surface area contributed by atoms with E-state index < -0.39 is 5.97 Å². The highest BCUT2D eigenvalue weighted by Crippen LogP contribution is 2.22. The van der Waals surface area contributed by atoms with E-state index >= 15 is 0 Å². The lowest BCUT2D eigenvalue weighted by Crippen LogP contribution is -2.02. The third-order valence-corrected chi connectivity index (χ3v) is 4.77. The Morgan fingerprint density at radius 3 is 2.84 bits per heavy atom. The van der Waals surface area contributed by atoms with Gasteiger partial charge in [-0.2, -0.15) is 0 Å². The van der Waals surface area contributed by atoms with Crippen LogP contribution in [0, 0.1) is 6.92 Å². The molecule has 0 aliphatic carbocycles. The predicted molar refractivity (Wildman–Crippen MR) is 78.1 cm³/mol. The normalized spacial score (nSPS) is 10.8. The number of aliphatic carboxylic acids is 1. The summed E-state index contributed by atoms with van der Waals surface area (Å²) >= 11 is 3.06. The third-order valence-electron chi connectivity index (χ3n) is 2.58. The lowest BCUT2D eigenvalue weighted by Gasteiger charge is -2.04. The van der Waals surface area contributed by atoms with Crippen LogP contribution in [0.15, 0.2) is 23.5 Å². The van der Waals surface area contributed by atoms with E-state index in [-0.39, 0.29) is 5.75 Å². The van der Waals surface area contributed by atoms with Gasteiger partial charge < -0.3 is 9.67 Å². The number of aryl methyl sites for hydroxylation is 2. The van der Waals surface area contributed by atoms with Crippen molar-refractivity contribution in [2.45, 2.75) is 32.0 Å². The molecule has 0 atom stereocenters. The van der Waals surface area contributed by atoms with E-state index in [1.807, 2.05) is 17.7 Å². The van der Waals surface area contributed by atoms with Crippen molar-refractivity contribution in [2.24, 2.45) is 0 Å². The minimum Gasteiger partial charge on any atom is -0.481 e. The van der Waals surface area contributed by atoms with Gasteiger partial charge in [0.15, 0.2) is 5.16 Å². The summed E-state index contributed by atoms with van der Waals surface area (Å²) in [7, 11) is 0. The maximum Gasteiger partial charge on any atom is 0.313 e. The molecule has 0 aliphatic heterocycles. The Morgan fingerprint density at radius 1 is 1.47 bits per heavy atom. The number of hydrogen-bond donors (Lipinski definition) is 1. The number of hydrogen-bond acceptors (Lipinski definition) is 4. The standard InChI is InChI=1S/C13H16N2O2S2/c1-3-10-4-5-11(19-10)7-15-6-9(2)14-13(15)18-8-12(16)17/h4-6H,3,7-8H2,1-2H3,(H,16,17). The average Bonchev–Trinajstić information content (AvgIpc) is 2.94. The van der Waals surface area contributed by atoms with Crippen LogP contribution in [-0.2, 0) is 17.8 Å². The van der Waals surface area contributed by atoms with Crippen molar-refractivity contribution in [2.75, 3.05) is 5.75 Å². The summed E-state index contributed by atoms with van der Waals surface area (Å²) in [4.78, 5) is 17.6. The second-order valence-corrected chi connectivity index (χ2v) is 6.39. The first-order valence-electron chi connectivity index (χ1n) is 6.04. The number of carboxylic acid groups (broad SMARTS) is 1. The summed E-state index contributed by atoms with van der Waals surface area (Å²) < 4.78 is 2.02. The number of aromatic nitrogens is 2. The molecule has 2 aromatic heterocycles. The molecule has 0 fully saturated rings. The minimum absolute atomic E-state index is 0.0428. The summed E-state index contributed by atoms with van der Waals surface area (Å²) in [6.45, 7) is 4.83. The Hall–Kier alpha value is -1.27. The molecular weight excluding hydrogens is 280 g/mol. The van der Waals surface area contributed by atoms with Crippen LogP contribution in [-0.4, -0.2) is 26.4 Å². The molecule has 4 nitrogen and oxygen atoms in total. The number of thioether (sulfide) groups is 1. The van der Waals surface area contributed by atoms with E-state index in [0.717, 1.165) is 23.8 Å². The molecule has 6 heteroatoms. The van der Waals surface area contributed by atoms with Gasteiger partial charge in [0.1, 0.15) is 0 Å². The summed E-state index contributed by atoms with van der Waals surface area (Å²) in [5, 5.41) is 9.51. The fourth-order valence-electron chi connectivity index (χ4n) is 1.74. The fraction of sp³-hybridized carbons (Fsp3) is 0.385. The number of nitrogens with zero attached hydrogens (tertiary/aromatic N) is 2. The number of rotatable bonds is 6. The largest absolute Gasteiger partial charge is 0.481 e. The molecule has 0 aliphatic rings. The van der Waals surface area contributed by atoms with E-state index in [0.29, 0.717) is 0 Å². The molecule has 1 N–H and O–H groups in total. The van der Waals surface area contributed by atoms with Crippen LogP contribution in [0.1, 0.15) is 22.4 Å². The van der Waals surface area contributed by atoms with Gasteiger partial charge in [0.25, 0.3) is 0 Å². The van der Waals surface area contributed by atoms with Gasteiger partial charge in [0.05, 0.1) is 18.0 Å². The van der Waals surface area contributed by atoms with E-state index in [1.54, 1.807) is 11.3 Å². The molecular formula is C13H16N2O2S2. The van der Waals surface area contributed by atoms with Gasteiger partial charge in [0, 0.05) is 16.0 Å². The van der Waals surface area contributed by atoms with Gasteiger partial charge in [-0.25, -0.2) is 4.98 Å². The van der Waals surface area contributed by atoms with Crippen molar-refractivity contribution in [1.82, 2.24) is 9.55 Å². The molecule has 2 heterocycles. The molecule has 0 unspecified atom stereocenters. The van der Waals surface area contributed by atoms with Gasteiger partial charge >= 0.3 is 5.97 Å². The van der Waals surface area contributed by atoms with Crippen molar-refractivity contribution >= 4 is 29.1 Å². The molecule has 0 saturated heterocycles. The molecule has 0 bridgehead atoms. The zero-order valence-corrected chi connectivity index (χ0v) is 12.6. The average molecular weight is 296 g/mol. The number of imidazole rings is 1. The van der Waals surface area contributed by atoms with E-state index in [1.165, 1.54) is 21.5 Å². The molecule has 2 rings (SSSR count). The Bertz CT molecular complexity index is 575. The van der Waals surface area contributed by atoms with Crippen LogP contribution in [0.5, 0.6) is 0 Å². The maximum atomic E-state index is 10.6. The zero-order valence-electron chi connectivity index (χ0n) is 10.9. The number of thiophene rings is 1. The highest BCUT2D eigenvalue weighted by molar-refractivity contribution is 7.99. The van der Waals surface area contributed by atoms with Crippen LogP contribution in [0.4, 0.5) is 0 Å². The Balaban J connectivity index is 2.12. The molecule has 102 valence electrons. The smallest absolute Gasteiger partial charge is 0.313 e. The second-order valence-electron chi connectivity index (χ2n) is 4.20. The minimum atomic E-state index is -0.818. The van der Waals surface area contributed by atoms with E-state index in [4.69, 9.17) is 5.11 Å². The maximum absolute atomic E-state index is 10.6. The molecule has 0 spiro atoms. The first-order chi connectivity index (χ1) is 9.08. The first kappa shape index (κ1) is 14.1. The SMILES string of the molecule is CCc1ccc(Cn2cc(C)nc2SCC(=O)O)s1. The van der Waals surface area contributed by atoms with Gasteiger partial charge in [-0.1, -0.05) is 18.7 Å². The van der Waals surface area contributed by atoms with Crippen molar-refractivity contribution in [3.05, 3.63) is 33.8 Å². The molecule has 0 aromatic carbocycles. The predicted octanol–water partition coefficient (Wildman–Crippen LogP) is 3.04. The number of carbonyl (C=O) groups is 1. The highest BCUT2D eigenvalue weighted by Gasteiger charge is 2.10. The van der Waals surface area contributed by atoms with Crippen molar-refractivity contribution in [1.29, 1.82) is 0 Å². The van der Waals surface area contributed by atoms with E-state index in [9.17, 15) is 4.79 Å². The Morgan fingerprint density at radius 2 is 2.21 bits per heavy atom. The summed E-state index contributed by atoms with van der Waals surface area (Å²) in [5.74, 6) is -0.775. The summed E-state index contributed by atoms with van der Waals surface area (Å²) in [5.41, 5.74) is 0.917. The lowest BCUT2D eigenvalue weighted by atomic mass is 10.3. The lowest BCUT2D eigenvalue weighted by molar-refractivity contribution is -0.133. The monoisotopic (exact) mass is 296 g/mol. The van der Waals surface area contributed by atoms with Gasteiger partial charge in [-0.15, -0.1) is 11.3 Å². The topological polar surface area (TPSA) is 55.1 Å². The van der Waals surface area contributed by atoms with Crippen LogP contribution in [0.25, 0.3) is 0 Å². The van der Waals surface area contributed by atoms with E-state index in [2.05, 4.69) is 24.0 Å². The van der Waals surface area contributed by atoms with Crippen LogP contribution in [0.3, 0.4) is 0 Å². The fourth-order valence-corrected chi connectivity index (χ4v) is 3.45. The van der Waals surface area contributed by atoms with Gasteiger partial charge in [-0.3, -0.25) is 4.79 Å². The highest BCUT2D eigenvalue weighted by atomic mass is 32.2. The van der Waals surface area contributed by atoms with Gasteiger partial charge in [-0.05, 0) is 25.5 Å². The van der Waals surface area contributed by atoms with Gasteiger partial charge in [0.2, 0.25) is 0 Å². The quantitative estimate of drug-likeness (QED) is 0.832. The van der Waals surface area contributed by atoms with Crippen LogP contribution < -0.4 is 0 Å². The van der Waals surface area contributed by atoms with Crippen molar-refractivity contribution < 1.29 is 9.90 Å². The van der Waals surface area contributed by atoms with Crippen LogP contribution in [0.2, 0.25) is 0 Å². The molecule has 0 radical (unpaired) electrons. The van der Waals surface area contributed by atoms with Crippen molar-refractivity contribution in [3.8, 4) is 0 Å². The molecule has 0 saturated carbocycles. The molecule has 0 amide bonds. The molecule has 19 heavy (non-hydrogen) atoms. The van der Waals surface area contributed by atoms with Crippen LogP contribution >= 0.6 is 23.1 Å². The Labute approximate surface area is 120 Å². The zero-order chi connectivity index (χ0) is 13.8. The summed E-state index contributed by atoms with van der Waals surface area (Å²) in [6.07, 6.45) is 3.02.